The first-order chi connectivity index (χ1) is 13.1. The molecule has 7 nitrogen and oxygen atoms in total. The highest BCUT2D eigenvalue weighted by atomic mass is 16.2. The second-order valence-electron chi connectivity index (χ2n) is 6.78. The van der Waals surface area contributed by atoms with E-state index in [-0.39, 0.29) is 17.0 Å². The second kappa shape index (κ2) is 7.19. The number of hydrogen-bond donors (Lipinski definition) is 1. The highest BCUT2D eigenvalue weighted by Gasteiger charge is 2.28. The normalized spacial score (nSPS) is 13.5. The van der Waals surface area contributed by atoms with E-state index < -0.39 is 0 Å². The molecule has 3 aromatic heterocycles. The van der Waals surface area contributed by atoms with E-state index in [1.807, 2.05) is 16.8 Å². The van der Waals surface area contributed by atoms with E-state index in [1.165, 1.54) is 23.1 Å². The van der Waals surface area contributed by atoms with Crippen LogP contribution in [0, 0.1) is 0 Å². The third-order valence-electron chi connectivity index (χ3n) is 4.76. The van der Waals surface area contributed by atoms with Gasteiger partial charge >= 0.3 is 0 Å². The minimum Gasteiger partial charge on any atom is -0.350 e. The van der Waals surface area contributed by atoms with Crippen LogP contribution in [-0.4, -0.2) is 31.8 Å². The van der Waals surface area contributed by atoms with Gasteiger partial charge in [-0.2, -0.15) is 5.10 Å². The quantitative estimate of drug-likeness (QED) is 0.726. The lowest BCUT2D eigenvalue weighted by molar-refractivity contribution is 0.0950. The SMILES string of the molecule is Cn1cccc(C(=O)NCCn2nc(-c3ccncc3)cc2C2CC2)c1=O. The van der Waals surface area contributed by atoms with E-state index in [0.717, 1.165) is 11.3 Å². The van der Waals surface area contributed by atoms with Gasteiger partial charge in [0.25, 0.3) is 11.5 Å². The Kier molecular flexibility index (Phi) is 4.58. The van der Waals surface area contributed by atoms with Crippen LogP contribution >= 0.6 is 0 Å². The lowest BCUT2D eigenvalue weighted by atomic mass is 10.2. The molecule has 3 heterocycles. The van der Waals surface area contributed by atoms with Gasteiger partial charge in [0, 0.05) is 49.4 Å². The first-order valence-electron chi connectivity index (χ1n) is 9.05. The van der Waals surface area contributed by atoms with E-state index in [2.05, 4.69) is 16.4 Å². The largest absolute Gasteiger partial charge is 0.350 e. The summed E-state index contributed by atoms with van der Waals surface area (Å²) in [6, 6.07) is 9.24. The predicted octanol–water partition coefficient (Wildman–Crippen LogP) is 1.95. The molecule has 0 saturated heterocycles. The minimum atomic E-state index is -0.356. The summed E-state index contributed by atoms with van der Waals surface area (Å²) in [4.78, 5) is 28.4. The number of aryl methyl sites for hydroxylation is 1. The molecular formula is C20H21N5O2. The zero-order valence-electron chi connectivity index (χ0n) is 15.1. The maximum atomic E-state index is 12.3. The molecule has 0 spiro atoms. The van der Waals surface area contributed by atoms with Crippen LogP contribution in [0.1, 0.15) is 34.8 Å². The van der Waals surface area contributed by atoms with Crippen molar-refractivity contribution in [3.8, 4) is 11.3 Å². The minimum absolute atomic E-state index is 0.153. The van der Waals surface area contributed by atoms with Crippen molar-refractivity contribution >= 4 is 5.91 Å². The van der Waals surface area contributed by atoms with Gasteiger partial charge in [0.15, 0.2) is 0 Å². The number of aromatic nitrogens is 4. The fraction of sp³-hybridized carbons (Fsp3) is 0.300. The molecular weight excluding hydrogens is 342 g/mol. The molecule has 0 aliphatic heterocycles. The predicted molar refractivity (Wildman–Crippen MR) is 101 cm³/mol. The van der Waals surface area contributed by atoms with Crippen molar-refractivity contribution in [3.05, 3.63) is 70.5 Å². The van der Waals surface area contributed by atoms with Crippen LogP contribution in [0.25, 0.3) is 11.3 Å². The number of carbonyl (C=O) groups is 1. The molecule has 138 valence electrons. The van der Waals surface area contributed by atoms with Gasteiger partial charge in [-0.1, -0.05) is 0 Å². The van der Waals surface area contributed by atoms with Gasteiger partial charge in [0.05, 0.1) is 12.2 Å². The average molecular weight is 363 g/mol. The fourth-order valence-corrected chi connectivity index (χ4v) is 3.12. The van der Waals surface area contributed by atoms with Crippen LogP contribution in [0.3, 0.4) is 0 Å². The molecule has 1 N–H and O–H groups in total. The zero-order valence-corrected chi connectivity index (χ0v) is 15.1. The molecule has 1 aliphatic carbocycles. The molecule has 4 rings (SSSR count). The maximum Gasteiger partial charge on any atom is 0.263 e. The van der Waals surface area contributed by atoms with E-state index >= 15 is 0 Å². The molecule has 1 amide bonds. The highest BCUT2D eigenvalue weighted by molar-refractivity contribution is 5.93. The molecule has 0 aromatic carbocycles. The van der Waals surface area contributed by atoms with Gasteiger partial charge in [-0.15, -0.1) is 0 Å². The lowest BCUT2D eigenvalue weighted by Crippen LogP contribution is -2.33. The van der Waals surface area contributed by atoms with Gasteiger partial charge in [0.2, 0.25) is 0 Å². The van der Waals surface area contributed by atoms with Gasteiger partial charge in [0.1, 0.15) is 5.56 Å². The monoisotopic (exact) mass is 363 g/mol. The van der Waals surface area contributed by atoms with Crippen LogP contribution in [0.15, 0.2) is 53.7 Å². The summed E-state index contributed by atoms with van der Waals surface area (Å²) in [6.07, 6.45) is 7.49. The smallest absolute Gasteiger partial charge is 0.263 e. The Morgan fingerprint density at radius 3 is 2.78 bits per heavy atom. The standard InChI is InChI=1S/C20H21N5O2/c1-24-11-2-3-16(20(24)27)19(26)22-10-12-25-18(15-4-5-15)13-17(23-25)14-6-8-21-9-7-14/h2-3,6-9,11,13,15H,4-5,10,12H2,1H3,(H,22,26). The average Bonchev–Trinajstić information content (AvgIpc) is 3.44. The first kappa shape index (κ1) is 17.2. The lowest BCUT2D eigenvalue weighted by Gasteiger charge is -2.08. The van der Waals surface area contributed by atoms with E-state index in [4.69, 9.17) is 5.10 Å². The Labute approximate surface area is 156 Å². The topological polar surface area (TPSA) is 81.8 Å². The summed E-state index contributed by atoms with van der Waals surface area (Å²) in [6.45, 7) is 0.976. The number of pyridine rings is 2. The molecule has 1 saturated carbocycles. The van der Waals surface area contributed by atoms with Gasteiger partial charge in [-0.05, 0) is 43.2 Å². The maximum absolute atomic E-state index is 12.3. The third-order valence-corrected chi connectivity index (χ3v) is 4.76. The molecule has 0 atom stereocenters. The molecule has 7 heteroatoms. The van der Waals surface area contributed by atoms with Crippen molar-refractivity contribution in [2.24, 2.45) is 7.05 Å². The molecule has 27 heavy (non-hydrogen) atoms. The summed E-state index contributed by atoms with van der Waals surface area (Å²) >= 11 is 0. The fourth-order valence-electron chi connectivity index (χ4n) is 3.12. The Morgan fingerprint density at radius 2 is 2.04 bits per heavy atom. The van der Waals surface area contributed by atoms with Gasteiger partial charge in [-0.25, -0.2) is 0 Å². The van der Waals surface area contributed by atoms with Crippen molar-refractivity contribution in [2.45, 2.75) is 25.3 Å². The van der Waals surface area contributed by atoms with Crippen LogP contribution < -0.4 is 10.9 Å². The summed E-state index contributed by atoms with van der Waals surface area (Å²) < 4.78 is 3.37. The van der Waals surface area contributed by atoms with E-state index in [9.17, 15) is 9.59 Å². The Hall–Kier alpha value is -3.22. The Balaban J connectivity index is 1.46. The van der Waals surface area contributed by atoms with E-state index in [0.29, 0.717) is 19.0 Å². The number of amides is 1. The number of rotatable bonds is 6. The summed E-state index contributed by atoms with van der Waals surface area (Å²) in [7, 11) is 1.63. The van der Waals surface area contributed by atoms with Crippen molar-refractivity contribution < 1.29 is 4.79 Å². The van der Waals surface area contributed by atoms with Crippen LogP contribution in [0.2, 0.25) is 0 Å². The van der Waals surface area contributed by atoms with Crippen LogP contribution in [0.5, 0.6) is 0 Å². The highest BCUT2D eigenvalue weighted by Crippen LogP contribution is 2.41. The molecule has 0 radical (unpaired) electrons. The second-order valence-corrected chi connectivity index (χ2v) is 6.78. The summed E-state index contributed by atoms with van der Waals surface area (Å²) in [5.41, 5.74) is 3.00. The van der Waals surface area contributed by atoms with E-state index in [1.54, 1.807) is 37.8 Å². The number of hydrogen-bond acceptors (Lipinski definition) is 4. The van der Waals surface area contributed by atoms with Crippen molar-refractivity contribution in [1.82, 2.24) is 24.6 Å². The van der Waals surface area contributed by atoms with Gasteiger partial charge < -0.3 is 9.88 Å². The van der Waals surface area contributed by atoms with Crippen molar-refractivity contribution in [3.63, 3.8) is 0 Å². The number of nitrogens with zero attached hydrogens (tertiary/aromatic N) is 4. The summed E-state index contributed by atoms with van der Waals surface area (Å²) in [5, 5.41) is 7.54. The molecule has 0 unspecified atom stereocenters. The van der Waals surface area contributed by atoms with Crippen LogP contribution in [-0.2, 0) is 13.6 Å². The molecule has 1 fully saturated rings. The summed E-state index contributed by atoms with van der Waals surface area (Å²) in [5.74, 6) is 0.191. The molecule has 1 aliphatic rings. The molecule has 0 bridgehead atoms. The number of nitrogens with one attached hydrogen (secondary N) is 1. The van der Waals surface area contributed by atoms with Crippen LogP contribution in [0.4, 0.5) is 0 Å². The Bertz CT molecular complexity index is 1020. The van der Waals surface area contributed by atoms with Crippen molar-refractivity contribution in [1.29, 1.82) is 0 Å². The Morgan fingerprint density at radius 1 is 1.26 bits per heavy atom. The first-order valence-corrected chi connectivity index (χ1v) is 9.05. The number of carbonyl (C=O) groups excluding carboxylic acids is 1. The molecule has 3 aromatic rings. The van der Waals surface area contributed by atoms with Gasteiger partial charge in [-0.3, -0.25) is 19.3 Å². The zero-order chi connectivity index (χ0) is 18.8. The third kappa shape index (κ3) is 3.67. The van der Waals surface area contributed by atoms with Crippen molar-refractivity contribution in [2.75, 3.05) is 6.54 Å².